The number of allylic oxidation sites excluding steroid dienone is 2. The Morgan fingerprint density at radius 2 is 1.94 bits per heavy atom. The van der Waals surface area contributed by atoms with Crippen LogP contribution in [-0.2, 0) is 18.9 Å². The lowest BCUT2D eigenvalue weighted by atomic mass is 10.1. The van der Waals surface area contributed by atoms with Gasteiger partial charge in [0.25, 0.3) is 0 Å². The maximum atomic E-state index is 11.3. The van der Waals surface area contributed by atoms with E-state index in [2.05, 4.69) is 0 Å². The van der Waals surface area contributed by atoms with Crippen LogP contribution in [0.15, 0.2) is 11.3 Å². The molecule has 0 aromatic carbocycles. The summed E-state index contributed by atoms with van der Waals surface area (Å²) in [6.45, 7) is 5.34. The summed E-state index contributed by atoms with van der Waals surface area (Å²) in [6.07, 6.45) is 2.36. The fourth-order valence-electron chi connectivity index (χ4n) is 2.33. The quantitative estimate of drug-likeness (QED) is 0.711. The van der Waals surface area contributed by atoms with E-state index in [9.17, 15) is 4.79 Å². The summed E-state index contributed by atoms with van der Waals surface area (Å²) in [6, 6.07) is 0. The summed E-state index contributed by atoms with van der Waals surface area (Å²) in [5.74, 6) is 0.227. The fourth-order valence-corrected chi connectivity index (χ4v) is 2.33. The van der Waals surface area contributed by atoms with Crippen LogP contribution >= 0.6 is 0 Å². The third-order valence-electron chi connectivity index (χ3n) is 3.37. The molecule has 1 heterocycles. The van der Waals surface area contributed by atoms with Crippen molar-refractivity contribution in [2.45, 2.75) is 45.3 Å². The number of hydrogen-bond acceptors (Lipinski definition) is 5. The Bertz CT molecular complexity index is 341. The van der Waals surface area contributed by atoms with Gasteiger partial charge in [0.05, 0.1) is 19.8 Å². The normalized spacial score (nSPS) is 23.0. The average molecular weight is 256 g/mol. The smallest absolute Gasteiger partial charge is 0.434 e. The van der Waals surface area contributed by atoms with E-state index in [0.29, 0.717) is 32.0 Å². The van der Waals surface area contributed by atoms with Crippen molar-refractivity contribution in [2.75, 3.05) is 19.8 Å². The van der Waals surface area contributed by atoms with Crippen LogP contribution in [0.3, 0.4) is 0 Å². The van der Waals surface area contributed by atoms with E-state index >= 15 is 0 Å². The molecule has 1 fully saturated rings. The number of rotatable bonds is 2. The van der Waals surface area contributed by atoms with Crippen molar-refractivity contribution in [1.29, 1.82) is 0 Å². The van der Waals surface area contributed by atoms with E-state index in [1.807, 2.05) is 6.92 Å². The molecular formula is C13H20O5. The first-order chi connectivity index (χ1) is 8.65. The highest BCUT2D eigenvalue weighted by Crippen LogP contribution is 2.37. The second kappa shape index (κ2) is 5.71. The molecule has 1 saturated heterocycles. The molecule has 0 aromatic rings. The molecule has 5 nitrogen and oxygen atoms in total. The molecular weight excluding hydrogens is 236 g/mol. The molecule has 0 aromatic heterocycles. The maximum absolute atomic E-state index is 11.3. The molecule has 0 N–H and O–H groups in total. The standard InChI is InChI=1S/C13H20O5/c1-3-15-12(14)18-11-5-7-13(6-4-10(11)2)16-8-9-17-13/h3-9H2,1-2H3. The van der Waals surface area contributed by atoms with Gasteiger partial charge in [0.1, 0.15) is 5.76 Å². The van der Waals surface area contributed by atoms with Crippen LogP contribution in [0.4, 0.5) is 4.79 Å². The Morgan fingerprint density at radius 3 is 2.61 bits per heavy atom. The van der Waals surface area contributed by atoms with E-state index in [1.54, 1.807) is 6.92 Å². The van der Waals surface area contributed by atoms with Gasteiger partial charge in [0, 0.05) is 19.3 Å². The first-order valence-corrected chi connectivity index (χ1v) is 6.46. The lowest BCUT2D eigenvalue weighted by molar-refractivity contribution is -0.165. The Balaban J connectivity index is 1.96. The molecule has 1 aliphatic carbocycles. The van der Waals surface area contributed by atoms with Crippen molar-refractivity contribution in [3.05, 3.63) is 11.3 Å². The molecule has 0 radical (unpaired) electrons. The predicted molar refractivity (Wildman–Crippen MR) is 63.9 cm³/mol. The molecule has 102 valence electrons. The van der Waals surface area contributed by atoms with E-state index in [0.717, 1.165) is 24.8 Å². The highest BCUT2D eigenvalue weighted by atomic mass is 16.7. The SMILES string of the molecule is CCOC(=O)OC1=C(C)CCC2(CC1)OCCO2. The van der Waals surface area contributed by atoms with Crippen LogP contribution in [0, 0.1) is 0 Å². The number of carbonyl (C=O) groups excluding carboxylic acids is 1. The maximum Gasteiger partial charge on any atom is 0.513 e. The third kappa shape index (κ3) is 3.03. The van der Waals surface area contributed by atoms with Crippen molar-refractivity contribution in [3.63, 3.8) is 0 Å². The van der Waals surface area contributed by atoms with E-state index in [1.165, 1.54) is 0 Å². The highest BCUT2D eigenvalue weighted by molar-refractivity contribution is 5.61. The molecule has 2 rings (SSSR count). The number of carbonyl (C=O) groups is 1. The van der Waals surface area contributed by atoms with Gasteiger partial charge in [0.2, 0.25) is 0 Å². The van der Waals surface area contributed by atoms with Crippen molar-refractivity contribution < 1.29 is 23.7 Å². The number of hydrogen-bond donors (Lipinski definition) is 0. The van der Waals surface area contributed by atoms with Gasteiger partial charge in [-0.05, 0) is 25.8 Å². The number of ether oxygens (including phenoxy) is 4. The van der Waals surface area contributed by atoms with Gasteiger partial charge < -0.3 is 18.9 Å². The van der Waals surface area contributed by atoms with Crippen LogP contribution < -0.4 is 0 Å². The summed E-state index contributed by atoms with van der Waals surface area (Å²) in [5, 5.41) is 0. The zero-order valence-electron chi connectivity index (χ0n) is 11.0. The molecule has 0 atom stereocenters. The summed E-state index contributed by atoms with van der Waals surface area (Å²) in [5.41, 5.74) is 1.07. The van der Waals surface area contributed by atoms with Crippen LogP contribution in [0.5, 0.6) is 0 Å². The van der Waals surface area contributed by atoms with E-state index < -0.39 is 11.9 Å². The van der Waals surface area contributed by atoms with Crippen LogP contribution in [0.1, 0.15) is 39.5 Å². The Hall–Kier alpha value is -1.07. The van der Waals surface area contributed by atoms with Crippen molar-refractivity contribution in [3.8, 4) is 0 Å². The first-order valence-electron chi connectivity index (χ1n) is 6.46. The molecule has 18 heavy (non-hydrogen) atoms. The first kappa shape index (κ1) is 13.4. The molecule has 0 bridgehead atoms. The van der Waals surface area contributed by atoms with Crippen LogP contribution in [-0.4, -0.2) is 31.8 Å². The zero-order chi connectivity index (χ0) is 13.0. The fraction of sp³-hybridized carbons (Fsp3) is 0.769. The Labute approximate surface area is 107 Å². The van der Waals surface area contributed by atoms with Gasteiger partial charge in [0.15, 0.2) is 5.79 Å². The van der Waals surface area contributed by atoms with Gasteiger partial charge >= 0.3 is 6.16 Å². The third-order valence-corrected chi connectivity index (χ3v) is 3.37. The van der Waals surface area contributed by atoms with Gasteiger partial charge in [-0.1, -0.05) is 0 Å². The monoisotopic (exact) mass is 256 g/mol. The molecule has 1 spiro atoms. The molecule has 0 saturated carbocycles. The topological polar surface area (TPSA) is 54.0 Å². The summed E-state index contributed by atoms with van der Waals surface area (Å²) in [7, 11) is 0. The Morgan fingerprint density at radius 1 is 1.28 bits per heavy atom. The highest BCUT2D eigenvalue weighted by Gasteiger charge is 2.38. The predicted octanol–water partition coefficient (Wildman–Crippen LogP) is 2.75. The minimum absolute atomic E-state index is 0.321. The second-order valence-corrected chi connectivity index (χ2v) is 4.60. The molecule has 5 heteroatoms. The summed E-state index contributed by atoms with van der Waals surface area (Å²) >= 11 is 0. The second-order valence-electron chi connectivity index (χ2n) is 4.60. The van der Waals surface area contributed by atoms with Gasteiger partial charge in [-0.15, -0.1) is 0 Å². The molecule has 0 unspecified atom stereocenters. The van der Waals surface area contributed by atoms with Crippen LogP contribution in [0.2, 0.25) is 0 Å². The summed E-state index contributed by atoms with van der Waals surface area (Å²) in [4.78, 5) is 11.3. The van der Waals surface area contributed by atoms with E-state index in [-0.39, 0.29) is 0 Å². The molecule has 1 aliphatic heterocycles. The largest absolute Gasteiger partial charge is 0.513 e. The van der Waals surface area contributed by atoms with Crippen molar-refractivity contribution in [1.82, 2.24) is 0 Å². The van der Waals surface area contributed by atoms with Gasteiger partial charge in [-0.2, -0.15) is 0 Å². The van der Waals surface area contributed by atoms with Crippen LogP contribution in [0.25, 0.3) is 0 Å². The Kier molecular flexibility index (Phi) is 4.24. The lowest BCUT2D eigenvalue weighted by Gasteiger charge is -2.25. The van der Waals surface area contributed by atoms with Crippen molar-refractivity contribution in [2.24, 2.45) is 0 Å². The summed E-state index contributed by atoms with van der Waals surface area (Å²) < 4.78 is 21.4. The molecule has 2 aliphatic rings. The van der Waals surface area contributed by atoms with E-state index in [4.69, 9.17) is 18.9 Å². The zero-order valence-corrected chi connectivity index (χ0v) is 11.0. The minimum Gasteiger partial charge on any atom is -0.434 e. The minimum atomic E-state index is -0.629. The van der Waals surface area contributed by atoms with Gasteiger partial charge in [-0.3, -0.25) is 0 Å². The molecule has 0 amide bonds. The average Bonchev–Trinajstić information content (AvgIpc) is 2.75. The van der Waals surface area contributed by atoms with Gasteiger partial charge in [-0.25, -0.2) is 4.79 Å². The van der Waals surface area contributed by atoms with Crippen molar-refractivity contribution >= 4 is 6.16 Å². The lowest BCUT2D eigenvalue weighted by Crippen LogP contribution is -2.29.